The first-order valence-electron chi connectivity index (χ1n) is 6.26. The summed E-state index contributed by atoms with van der Waals surface area (Å²) < 4.78 is 0.965. The minimum absolute atomic E-state index is 0.166. The molecule has 2 heterocycles. The van der Waals surface area contributed by atoms with Crippen LogP contribution in [0.1, 0.15) is 25.9 Å². The molecule has 0 aliphatic heterocycles. The number of carbonyl (C=O) groups excluding carboxylic acids is 1. The molecule has 1 N–H and O–H groups in total. The number of anilines is 1. The molecule has 0 saturated carbocycles. The van der Waals surface area contributed by atoms with Crippen molar-refractivity contribution in [2.24, 2.45) is 0 Å². The van der Waals surface area contributed by atoms with Crippen LogP contribution in [0.3, 0.4) is 0 Å². The third-order valence-corrected chi connectivity index (χ3v) is 5.19. The summed E-state index contributed by atoms with van der Waals surface area (Å²) >= 11 is 8.85. The van der Waals surface area contributed by atoms with E-state index >= 15 is 0 Å². The fraction of sp³-hybridized carbons (Fsp3) is 0.214. The minimum Gasteiger partial charge on any atom is -0.297 e. The molecule has 1 aromatic carbocycles. The van der Waals surface area contributed by atoms with Gasteiger partial charge in [0.2, 0.25) is 0 Å². The molecule has 3 aromatic rings. The van der Waals surface area contributed by atoms with E-state index in [1.807, 2.05) is 32.9 Å². The van der Waals surface area contributed by atoms with Crippen LogP contribution < -0.4 is 5.32 Å². The maximum atomic E-state index is 12.3. The van der Waals surface area contributed by atoms with Gasteiger partial charge in [-0.05, 0) is 38.5 Å². The average molecular weight is 338 g/mol. The first-order chi connectivity index (χ1) is 9.94. The van der Waals surface area contributed by atoms with E-state index in [1.165, 1.54) is 22.7 Å². The van der Waals surface area contributed by atoms with Crippen molar-refractivity contribution in [3.63, 3.8) is 0 Å². The molecule has 0 saturated heterocycles. The molecule has 0 radical (unpaired) electrons. The molecule has 0 spiro atoms. The standard InChI is InChI=1S/C14H12ClN3OS2/c1-6-4-9(15)5-10-11(6)17-14(21-10)18-13(19)12-7(2)16-8(3)20-12/h4-5H,1-3H3,(H,17,18,19). The smallest absolute Gasteiger partial charge is 0.269 e. The highest BCUT2D eigenvalue weighted by Crippen LogP contribution is 2.31. The van der Waals surface area contributed by atoms with Crippen LogP contribution in [0.2, 0.25) is 5.02 Å². The second-order valence-corrected chi connectivity index (χ2v) is 7.36. The van der Waals surface area contributed by atoms with Gasteiger partial charge in [0.1, 0.15) is 4.88 Å². The van der Waals surface area contributed by atoms with Crippen molar-refractivity contribution in [2.45, 2.75) is 20.8 Å². The summed E-state index contributed by atoms with van der Waals surface area (Å²) in [7, 11) is 0. The zero-order valence-electron chi connectivity index (χ0n) is 11.7. The Kier molecular flexibility index (Phi) is 3.69. The molecule has 2 aromatic heterocycles. The van der Waals surface area contributed by atoms with Crippen LogP contribution in [0.5, 0.6) is 0 Å². The number of hydrogen-bond acceptors (Lipinski definition) is 5. The number of halogens is 1. The van der Waals surface area contributed by atoms with Gasteiger partial charge in [-0.1, -0.05) is 22.9 Å². The van der Waals surface area contributed by atoms with Crippen molar-refractivity contribution in [2.75, 3.05) is 5.32 Å². The second-order valence-electron chi connectivity index (χ2n) is 4.69. The number of nitrogens with one attached hydrogen (secondary N) is 1. The van der Waals surface area contributed by atoms with Gasteiger partial charge in [-0.2, -0.15) is 0 Å². The molecule has 0 aliphatic rings. The number of rotatable bonds is 2. The molecular formula is C14H12ClN3OS2. The summed E-state index contributed by atoms with van der Waals surface area (Å²) in [5.41, 5.74) is 2.62. The van der Waals surface area contributed by atoms with Crippen LogP contribution in [-0.4, -0.2) is 15.9 Å². The highest BCUT2D eigenvalue weighted by Gasteiger charge is 2.16. The number of carbonyl (C=O) groups is 1. The van der Waals surface area contributed by atoms with Crippen LogP contribution in [0.15, 0.2) is 12.1 Å². The maximum absolute atomic E-state index is 12.3. The van der Waals surface area contributed by atoms with Crippen LogP contribution in [-0.2, 0) is 0 Å². The van der Waals surface area contributed by atoms with Crippen molar-refractivity contribution in [3.05, 3.63) is 38.3 Å². The van der Waals surface area contributed by atoms with Gasteiger partial charge in [0.05, 0.1) is 20.9 Å². The van der Waals surface area contributed by atoms with Crippen LogP contribution >= 0.6 is 34.3 Å². The van der Waals surface area contributed by atoms with Gasteiger partial charge in [0.25, 0.3) is 5.91 Å². The molecule has 3 rings (SSSR count). The monoisotopic (exact) mass is 337 g/mol. The van der Waals surface area contributed by atoms with Gasteiger partial charge < -0.3 is 0 Å². The van der Waals surface area contributed by atoms with E-state index in [0.717, 1.165) is 26.5 Å². The second kappa shape index (κ2) is 5.36. The Bertz CT molecular complexity index is 853. The third kappa shape index (κ3) is 2.79. The fourth-order valence-electron chi connectivity index (χ4n) is 2.10. The molecule has 0 unspecified atom stereocenters. The van der Waals surface area contributed by atoms with Gasteiger partial charge in [-0.3, -0.25) is 10.1 Å². The van der Waals surface area contributed by atoms with Crippen molar-refractivity contribution >= 4 is 55.5 Å². The van der Waals surface area contributed by atoms with Gasteiger partial charge in [-0.25, -0.2) is 9.97 Å². The lowest BCUT2D eigenvalue weighted by molar-refractivity contribution is 0.103. The maximum Gasteiger partial charge on any atom is 0.269 e. The lowest BCUT2D eigenvalue weighted by atomic mass is 10.2. The van der Waals surface area contributed by atoms with Crippen LogP contribution in [0.4, 0.5) is 5.13 Å². The Morgan fingerprint density at radius 3 is 2.62 bits per heavy atom. The molecule has 0 atom stereocenters. The van der Waals surface area contributed by atoms with Crippen molar-refractivity contribution in [3.8, 4) is 0 Å². The number of nitrogens with zero attached hydrogens (tertiary/aromatic N) is 2. The molecule has 1 amide bonds. The predicted molar refractivity (Wildman–Crippen MR) is 88.9 cm³/mol. The van der Waals surface area contributed by atoms with E-state index in [9.17, 15) is 4.79 Å². The Morgan fingerprint density at radius 1 is 1.19 bits per heavy atom. The topological polar surface area (TPSA) is 54.9 Å². The number of fused-ring (bicyclic) bond motifs is 1. The number of benzene rings is 1. The number of aromatic nitrogens is 2. The van der Waals surface area contributed by atoms with Gasteiger partial charge >= 0.3 is 0 Å². The molecule has 0 aliphatic carbocycles. The lowest BCUT2D eigenvalue weighted by Crippen LogP contribution is -2.11. The molecule has 0 fully saturated rings. The van der Waals surface area contributed by atoms with Crippen LogP contribution in [0, 0.1) is 20.8 Å². The highest BCUT2D eigenvalue weighted by molar-refractivity contribution is 7.22. The average Bonchev–Trinajstić information content (AvgIpc) is 2.92. The van der Waals surface area contributed by atoms with Gasteiger partial charge in [-0.15, -0.1) is 11.3 Å². The lowest BCUT2D eigenvalue weighted by Gasteiger charge is -1.98. The van der Waals surface area contributed by atoms with Crippen LogP contribution in [0.25, 0.3) is 10.2 Å². The molecular weight excluding hydrogens is 326 g/mol. The molecule has 0 bridgehead atoms. The fourth-order valence-corrected chi connectivity index (χ4v) is 4.23. The number of hydrogen-bond donors (Lipinski definition) is 1. The first kappa shape index (κ1) is 14.4. The number of thiazole rings is 2. The summed E-state index contributed by atoms with van der Waals surface area (Å²) in [5.74, 6) is -0.166. The molecule has 108 valence electrons. The predicted octanol–water partition coefficient (Wildman–Crippen LogP) is 4.58. The van der Waals surface area contributed by atoms with Gasteiger partial charge in [0, 0.05) is 5.02 Å². The van der Waals surface area contributed by atoms with E-state index in [0.29, 0.717) is 15.0 Å². The first-order valence-corrected chi connectivity index (χ1v) is 8.27. The van der Waals surface area contributed by atoms with E-state index in [-0.39, 0.29) is 5.91 Å². The highest BCUT2D eigenvalue weighted by atomic mass is 35.5. The summed E-state index contributed by atoms with van der Waals surface area (Å²) in [6.07, 6.45) is 0. The van der Waals surface area contributed by atoms with E-state index < -0.39 is 0 Å². The van der Waals surface area contributed by atoms with E-state index in [1.54, 1.807) is 0 Å². The van der Waals surface area contributed by atoms with Crippen molar-refractivity contribution < 1.29 is 4.79 Å². The molecule has 21 heavy (non-hydrogen) atoms. The Balaban J connectivity index is 1.93. The number of aryl methyl sites for hydroxylation is 3. The Labute approximate surface area is 134 Å². The molecule has 4 nitrogen and oxygen atoms in total. The van der Waals surface area contributed by atoms with Crippen molar-refractivity contribution in [1.82, 2.24) is 9.97 Å². The summed E-state index contributed by atoms with van der Waals surface area (Å²) in [6, 6.07) is 3.73. The quantitative estimate of drug-likeness (QED) is 0.744. The summed E-state index contributed by atoms with van der Waals surface area (Å²) in [6.45, 7) is 5.68. The number of amides is 1. The SMILES string of the molecule is Cc1nc(C)c(C(=O)Nc2nc3c(C)cc(Cl)cc3s2)s1. The Hall–Kier alpha value is -1.50. The van der Waals surface area contributed by atoms with E-state index in [2.05, 4.69) is 15.3 Å². The molecule has 7 heteroatoms. The zero-order chi connectivity index (χ0) is 15.1. The van der Waals surface area contributed by atoms with Crippen molar-refractivity contribution in [1.29, 1.82) is 0 Å². The largest absolute Gasteiger partial charge is 0.297 e. The summed E-state index contributed by atoms with van der Waals surface area (Å²) in [4.78, 5) is 21.6. The Morgan fingerprint density at radius 2 is 1.95 bits per heavy atom. The minimum atomic E-state index is -0.166. The van der Waals surface area contributed by atoms with Gasteiger partial charge in [0.15, 0.2) is 5.13 Å². The summed E-state index contributed by atoms with van der Waals surface area (Å²) in [5, 5.41) is 4.97. The normalized spacial score (nSPS) is 11.0. The zero-order valence-corrected chi connectivity index (χ0v) is 14.0. The third-order valence-electron chi connectivity index (χ3n) is 2.98. The van der Waals surface area contributed by atoms with E-state index in [4.69, 9.17) is 11.6 Å².